The molecule has 146 valence electrons. The number of benzene rings is 2. The average Bonchev–Trinajstić information content (AvgIpc) is 3.52. The van der Waals surface area contributed by atoms with E-state index in [0.717, 1.165) is 23.7 Å². The molecule has 1 aliphatic carbocycles. The molecule has 1 atom stereocenters. The van der Waals surface area contributed by atoms with Gasteiger partial charge >= 0.3 is 0 Å². The highest BCUT2D eigenvalue weighted by molar-refractivity contribution is 7.71. The molecule has 0 aliphatic heterocycles. The highest BCUT2D eigenvalue weighted by Gasteiger charge is 2.34. The fraction of sp³-hybridized carbons (Fsp3) is 0.350. The van der Waals surface area contributed by atoms with Gasteiger partial charge < -0.3 is 14.4 Å². The molecule has 4 rings (SSSR count). The van der Waals surface area contributed by atoms with E-state index >= 15 is 0 Å². The summed E-state index contributed by atoms with van der Waals surface area (Å²) in [5.74, 6) is 1.67. The minimum atomic E-state index is 0.595. The van der Waals surface area contributed by atoms with Crippen molar-refractivity contribution in [3.8, 4) is 17.2 Å². The van der Waals surface area contributed by atoms with Gasteiger partial charge in [0.2, 0.25) is 4.77 Å². The van der Waals surface area contributed by atoms with Crippen molar-refractivity contribution in [2.24, 2.45) is 0 Å². The Morgan fingerprint density at radius 2 is 1.57 bits per heavy atom. The Morgan fingerprint density at radius 1 is 0.964 bits per heavy atom. The van der Waals surface area contributed by atoms with Crippen molar-refractivity contribution in [3.63, 3.8) is 0 Å². The molecule has 1 heterocycles. The zero-order valence-corrected chi connectivity index (χ0v) is 16.9. The van der Waals surface area contributed by atoms with Crippen molar-refractivity contribution in [1.82, 2.24) is 19.8 Å². The van der Waals surface area contributed by atoms with Crippen LogP contribution in [0.5, 0.6) is 11.5 Å². The van der Waals surface area contributed by atoms with Crippen LogP contribution in [0.25, 0.3) is 5.69 Å². The Morgan fingerprint density at radius 3 is 2.14 bits per heavy atom. The van der Waals surface area contributed by atoms with Crippen LogP contribution in [-0.2, 0) is 13.2 Å². The number of quaternary nitrogens is 1. The van der Waals surface area contributed by atoms with Gasteiger partial charge in [-0.2, -0.15) is 9.36 Å². The lowest BCUT2D eigenvalue weighted by molar-refractivity contribution is -0.947. The lowest BCUT2D eigenvalue weighted by Gasteiger charge is -2.18. The average molecular weight is 399 g/mol. The molecule has 8 heteroatoms. The van der Waals surface area contributed by atoms with E-state index in [-0.39, 0.29) is 0 Å². The molecule has 1 aliphatic rings. The Labute approximate surface area is 169 Å². The minimum Gasteiger partial charge on any atom is -0.497 e. The molecule has 2 aromatic carbocycles. The van der Waals surface area contributed by atoms with Gasteiger partial charge in [0.05, 0.1) is 25.9 Å². The second kappa shape index (κ2) is 8.12. The highest BCUT2D eigenvalue weighted by atomic mass is 32.1. The van der Waals surface area contributed by atoms with Crippen molar-refractivity contribution in [2.75, 3.05) is 14.2 Å². The van der Waals surface area contributed by atoms with Gasteiger partial charge in [-0.15, -0.1) is 0 Å². The monoisotopic (exact) mass is 398 g/mol. The first-order valence-electron chi connectivity index (χ1n) is 9.32. The molecular weight excluding hydrogens is 374 g/mol. The van der Waals surface area contributed by atoms with E-state index in [0.29, 0.717) is 17.5 Å². The zero-order valence-electron chi connectivity index (χ0n) is 16.0. The number of aromatic nitrogens is 4. The lowest BCUT2D eigenvalue weighted by Crippen LogP contribution is -3.11. The molecule has 3 aromatic rings. The number of methoxy groups -OCH3 is 2. The van der Waals surface area contributed by atoms with E-state index in [1.54, 1.807) is 18.9 Å². The second-order valence-electron chi connectivity index (χ2n) is 6.99. The number of nitrogens with zero attached hydrogens (tertiary/aromatic N) is 4. The van der Waals surface area contributed by atoms with Crippen LogP contribution in [0.2, 0.25) is 0 Å². The number of ether oxygens (including phenoxy) is 2. The van der Waals surface area contributed by atoms with Crippen molar-refractivity contribution in [1.29, 1.82) is 0 Å². The molecule has 28 heavy (non-hydrogen) atoms. The van der Waals surface area contributed by atoms with E-state index in [1.165, 1.54) is 23.3 Å². The van der Waals surface area contributed by atoms with Crippen molar-refractivity contribution >= 4 is 12.2 Å². The predicted octanol–water partition coefficient (Wildman–Crippen LogP) is 2.02. The topological polar surface area (TPSA) is 58.5 Å². The summed E-state index contributed by atoms with van der Waals surface area (Å²) >= 11 is 5.63. The Hall–Kier alpha value is -2.71. The zero-order chi connectivity index (χ0) is 19.5. The fourth-order valence-corrected chi connectivity index (χ4v) is 3.52. The van der Waals surface area contributed by atoms with E-state index < -0.39 is 0 Å². The van der Waals surface area contributed by atoms with Crippen LogP contribution in [-0.4, -0.2) is 40.1 Å². The summed E-state index contributed by atoms with van der Waals surface area (Å²) in [5, 5.41) is 8.57. The Balaban J connectivity index is 1.51. The molecule has 1 N–H and O–H groups in total. The number of hydrogen-bond donors (Lipinski definition) is 1. The number of rotatable bonds is 8. The Kier molecular flexibility index (Phi) is 5.40. The van der Waals surface area contributed by atoms with E-state index in [4.69, 9.17) is 21.7 Å². The van der Waals surface area contributed by atoms with Gasteiger partial charge in [0.25, 0.3) is 0 Å². The summed E-state index contributed by atoms with van der Waals surface area (Å²) in [4.78, 5) is 1.45. The summed E-state index contributed by atoms with van der Waals surface area (Å²) in [6.45, 7) is 1.62. The third-order valence-corrected chi connectivity index (χ3v) is 5.44. The van der Waals surface area contributed by atoms with Crippen LogP contribution >= 0.6 is 12.2 Å². The van der Waals surface area contributed by atoms with Gasteiger partial charge in [0.1, 0.15) is 18.0 Å². The first-order chi connectivity index (χ1) is 13.7. The molecule has 0 spiro atoms. The van der Waals surface area contributed by atoms with Crippen molar-refractivity contribution in [2.45, 2.75) is 32.1 Å². The van der Waals surface area contributed by atoms with Gasteiger partial charge in [0.15, 0.2) is 6.67 Å². The quantitative estimate of drug-likeness (QED) is 0.589. The number of tetrazole rings is 1. The molecule has 7 nitrogen and oxygen atoms in total. The molecule has 0 radical (unpaired) electrons. The highest BCUT2D eigenvalue weighted by Crippen LogP contribution is 2.17. The molecule has 0 amide bonds. The summed E-state index contributed by atoms with van der Waals surface area (Å²) in [6.07, 6.45) is 2.48. The largest absolute Gasteiger partial charge is 0.497 e. The molecule has 0 saturated heterocycles. The normalized spacial score (nSPS) is 14.6. The third-order valence-electron chi connectivity index (χ3n) is 5.05. The lowest BCUT2D eigenvalue weighted by atomic mass is 10.2. The second-order valence-corrected chi connectivity index (χ2v) is 7.35. The summed E-state index contributed by atoms with van der Waals surface area (Å²) in [5.41, 5.74) is 2.15. The van der Waals surface area contributed by atoms with Crippen LogP contribution in [0.3, 0.4) is 0 Å². The van der Waals surface area contributed by atoms with Gasteiger partial charge in [0, 0.05) is 18.4 Å². The maximum absolute atomic E-state index is 5.63. The molecule has 1 saturated carbocycles. The van der Waals surface area contributed by atoms with E-state index in [1.807, 2.05) is 41.1 Å². The van der Waals surface area contributed by atoms with Gasteiger partial charge in [-0.05, 0) is 71.2 Å². The van der Waals surface area contributed by atoms with Crippen LogP contribution in [0, 0.1) is 4.77 Å². The maximum Gasteiger partial charge on any atom is 0.225 e. The SMILES string of the molecule is COc1ccc(C[NH+](Cn2nnn(-c3ccc(OC)cc3)c2=S)C2CC2)cc1. The van der Waals surface area contributed by atoms with Crippen LogP contribution in [0.1, 0.15) is 18.4 Å². The van der Waals surface area contributed by atoms with Gasteiger partial charge in [-0.1, -0.05) is 0 Å². The number of hydrogen-bond acceptors (Lipinski definition) is 5. The van der Waals surface area contributed by atoms with Gasteiger partial charge in [-0.3, -0.25) is 0 Å². The molecule has 1 aromatic heterocycles. The molecular formula is C20H24N5O2S+. The first kappa shape index (κ1) is 18.6. The fourth-order valence-electron chi connectivity index (χ4n) is 3.28. The molecule has 0 bridgehead atoms. The summed E-state index contributed by atoms with van der Waals surface area (Å²) in [6, 6.07) is 16.5. The van der Waals surface area contributed by atoms with E-state index in [2.05, 4.69) is 22.6 Å². The summed E-state index contributed by atoms with van der Waals surface area (Å²) in [7, 11) is 3.33. The molecule has 1 unspecified atom stereocenters. The molecule has 1 fully saturated rings. The Bertz CT molecular complexity index is 977. The smallest absolute Gasteiger partial charge is 0.225 e. The van der Waals surface area contributed by atoms with E-state index in [9.17, 15) is 0 Å². The standard InChI is InChI=1S/C20H23N5O2S/c1-26-18-9-3-15(4-10-18)13-23(16-5-6-16)14-24-20(28)25(22-21-24)17-7-11-19(27-2)12-8-17/h3-4,7-12,16H,5-6,13-14H2,1-2H3/p+1. The predicted molar refractivity (Wildman–Crippen MR) is 107 cm³/mol. The number of nitrogens with one attached hydrogen (secondary N) is 1. The van der Waals surface area contributed by atoms with Crippen molar-refractivity contribution < 1.29 is 14.4 Å². The first-order valence-corrected chi connectivity index (χ1v) is 9.73. The summed E-state index contributed by atoms with van der Waals surface area (Å²) < 4.78 is 14.6. The van der Waals surface area contributed by atoms with Crippen molar-refractivity contribution in [3.05, 3.63) is 58.9 Å². The minimum absolute atomic E-state index is 0.595. The third kappa shape index (κ3) is 4.07. The van der Waals surface area contributed by atoms with Crippen LogP contribution < -0.4 is 14.4 Å². The van der Waals surface area contributed by atoms with Crippen LogP contribution in [0.15, 0.2) is 48.5 Å². The van der Waals surface area contributed by atoms with Gasteiger partial charge in [-0.25, -0.2) is 0 Å². The van der Waals surface area contributed by atoms with Crippen LogP contribution in [0.4, 0.5) is 0 Å². The maximum atomic E-state index is 5.63.